The Morgan fingerprint density at radius 3 is 2.15 bits per heavy atom. The molecule has 2 aliphatic rings. The summed E-state index contributed by atoms with van der Waals surface area (Å²) in [5, 5.41) is 55.1. The molecule has 2 saturated heterocycles. The Kier molecular flexibility index (Phi) is 7.45. The number of aliphatic hydroxyl groups is 4. The van der Waals surface area contributed by atoms with Crippen LogP contribution < -0.4 is 16.0 Å². The maximum absolute atomic E-state index is 13.4. The van der Waals surface area contributed by atoms with E-state index in [4.69, 9.17) is 32.5 Å². The van der Waals surface area contributed by atoms with Crippen molar-refractivity contribution in [3.8, 4) is 11.5 Å². The van der Waals surface area contributed by atoms with Gasteiger partial charge in [-0.3, -0.25) is 0 Å². The van der Waals surface area contributed by atoms with Gasteiger partial charge in [-0.15, -0.1) is 0 Å². The van der Waals surface area contributed by atoms with Crippen LogP contribution in [0.4, 0.5) is 0 Å². The number of fused-ring (bicyclic) bond motifs is 2. The standard InChI is InChI=1S/C32H32O14/c1-10-8-9-15-18-16(10)29(38)45-26-17-13(23(35)20(19(18)26)30(39)43-15)6-5-7-14(17)44-32-28(24(36)21(33)11(2)42-32)46-31-25(37)27(40-4)22(34)12(3)41-31/h5-9,11-12,21-22,24-25,27-28,31-37H,1-4H3/t11-,12+,21+,22-,24-,25-,27-,28+,31-,32+/m1/s1. The van der Waals surface area contributed by atoms with Gasteiger partial charge in [0, 0.05) is 23.3 Å². The number of methoxy groups -OCH3 is 1. The molecule has 0 unspecified atom stereocenters. The Hall–Kier alpha value is -3.86. The van der Waals surface area contributed by atoms with Crippen molar-refractivity contribution in [3.05, 3.63) is 56.7 Å². The second kappa shape index (κ2) is 11.1. The van der Waals surface area contributed by atoms with Gasteiger partial charge < -0.3 is 58.1 Å². The zero-order valence-corrected chi connectivity index (χ0v) is 25.1. The van der Waals surface area contributed by atoms with Gasteiger partial charge in [-0.1, -0.05) is 18.2 Å². The van der Waals surface area contributed by atoms with E-state index in [0.29, 0.717) is 10.9 Å². The molecular weight excluding hydrogens is 608 g/mol. The topological polar surface area (TPSA) is 208 Å². The molecule has 0 bridgehead atoms. The van der Waals surface area contributed by atoms with E-state index in [9.17, 15) is 35.1 Å². The minimum absolute atomic E-state index is 0.00746. The van der Waals surface area contributed by atoms with Crippen LogP contribution in [0.5, 0.6) is 11.5 Å². The third kappa shape index (κ3) is 4.48. The molecule has 4 heterocycles. The smallest absolute Gasteiger partial charge is 0.348 e. The molecule has 14 nitrogen and oxygen atoms in total. The fourth-order valence-corrected chi connectivity index (χ4v) is 6.58. The van der Waals surface area contributed by atoms with Crippen molar-refractivity contribution in [2.24, 2.45) is 0 Å². The number of benzene rings is 3. The highest BCUT2D eigenvalue weighted by atomic mass is 16.8. The van der Waals surface area contributed by atoms with Crippen molar-refractivity contribution >= 4 is 43.5 Å². The van der Waals surface area contributed by atoms with Crippen LogP contribution in [0.2, 0.25) is 0 Å². The Morgan fingerprint density at radius 2 is 1.41 bits per heavy atom. The molecular formula is C32H32O14. The van der Waals surface area contributed by atoms with E-state index in [1.165, 1.54) is 32.2 Å². The van der Waals surface area contributed by atoms with E-state index < -0.39 is 78.4 Å². The summed E-state index contributed by atoms with van der Waals surface area (Å²) in [7, 11) is 1.30. The number of hydrogen-bond donors (Lipinski definition) is 5. The van der Waals surface area contributed by atoms with E-state index in [-0.39, 0.29) is 43.8 Å². The number of phenolic OH excluding ortho intramolecular Hbond substituents is 1. The first-order chi connectivity index (χ1) is 21.9. The molecule has 5 N–H and O–H groups in total. The van der Waals surface area contributed by atoms with Crippen LogP contribution >= 0.6 is 0 Å². The van der Waals surface area contributed by atoms with Crippen molar-refractivity contribution in [1.82, 2.24) is 0 Å². The lowest BCUT2D eigenvalue weighted by molar-refractivity contribution is -0.353. The molecule has 0 saturated carbocycles. The van der Waals surface area contributed by atoms with Crippen molar-refractivity contribution < 1.29 is 58.1 Å². The number of rotatable bonds is 5. The Balaban J connectivity index is 1.38. The molecule has 46 heavy (non-hydrogen) atoms. The normalized spacial score (nSPS) is 32.2. The Bertz CT molecular complexity index is 2070. The molecule has 14 heteroatoms. The first kappa shape index (κ1) is 30.8. The summed E-state index contributed by atoms with van der Waals surface area (Å²) in [6.45, 7) is 4.77. The van der Waals surface area contributed by atoms with Gasteiger partial charge >= 0.3 is 11.3 Å². The van der Waals surface area contributed by atoms with Gasteiger partial charge in [-0.05, 0) is 38.5 Å². The van der Waals surface area contributed by atoms with Crippen LogP contribution in [0.25, 0.3) is 43.5 Å². The minimum Gasteiger partial charge on any atom is -0.506 e. The summed E-state index contributed by atoms with van der Waals surface area (Å²) in [5.74, 6) is -0.425. The summed E-state index contributed by atoms with van der Waals surface area (Å²) >= 11 is 0. The molecule has 0 aliphatic carbocycles. The van der Waals surface area contributed by atoms with E-state index in [2.05, 4.69) is 0 Å². The average molecular weight is 641 g/mol. The summed E-state index contributed by atoms with van der Waals surface area (Å²) in [6, 6.07) is 7.70. The van der Waals surface area contributed by atoms with Gasteiger partial charge in [-0.25, -0.2) is 9.59 Å². The van der Waals surface area contributed by atoms with Crippen LogP contribution in [0.15, 0.2) is 48.8 Å². The summed E-state index contributed by atoms with van der Waals surface area (Å²) < 4.78 is 40.4. The fourth-order valence-electron chi connectivity index (χ4n) is 6.58. The van der Waals surface area contributed by atoms with E-state index in [1.54, 1.807) is 26.0 Å². The number of phenols is 1. The third-order valence-corrected chi connectivity index (χ3v) is 9.03. The first-order valence-electron chi connectivity index (χ1n) is 14.7. The molecule has 3 aromatic carbocycles. The minimum atomic E-state index is -1.60. The van der Waals surface area contributed by atoms with Crippen molar-refractivity contribution in [1.29, 1.82) is 0 Å². The maximum atomic E-state index is 13.4. The lowest BCUT2D eigenvalue weighted by atomic mass is 9.95. The van der Waals surface area contributed by atoms with Crippen molar-refractivity contribution in [3.63, 3.8) is 0 Å². The van der Waals surface area contributed by atoms with Crippen LogP contribution in [-0.4, -0.2) is 94.1 Å². The van der Waals surface area contributed by atoms with E-state index >= 15 is 0 Å². The third-order valence-electron chi connectivity index (χ3n) is 9.03. The molecule has 0 amide bonds. The summed E-state index contributed by atoms with van der Waals surface area (Å²) in [6.07, 6.45) is -13.0. The highest BCUT2D eigenvalue weighted by Crippen LogP contribution is 2.45. The van der Waals surface area contributed by atoms with Crippen LogP contribution in [0.1, 0.15) is 19.4 Å². The molecule has 2 fully saturated rings. The lowest BCUT2D eigenvalue weighted by Gasteiger charge is -2.46. The SMILES string of the molecule is CO[C@H]1[C@@H](O)[C@@H](O[C@@H]2[C@H](Oc3cccc4c(O)c5c(=O)oc6ccc(C)c7c(=O)oc(c34)c5c67)O[C@H](C)[C@H](O)[C@H]2O)O[C@@H](C)[C@H]1O. The first-order valence-corrected chi connectivity index (χ1v) is 14.7. The van der Waals surface area contributed by atoms with Crippen LogP contribution in [0.3, 0.4) is 0 Å². The molecule has 244 valence electrons. The van der Waals surface area contributed by atoms with E-state index in [1.807, 2.05) is 0 Å². The monoisotopic (exact) mass is 640 g/mol. The number of hydrogen-bond acceptors (Lipinski definition) is 14. The van der Waals surface area contributed by atoms with Gasteiger partial charge in [-0.2, -0.15) is 0 Å². The number of aryl methyl sites for hydroxylation is 1. The molecule has 5 aromatic rings. The molecule has 2 aromatic heterocycles. The number of ether oxygens (including phenoxy) is 5. The zero-order chi connectivity index (χ0) is 32.8. The number of aromatic hydroxyl groups is 1. The number of aliphatic hydroxyl groups excluding tert-OH is 4. The second-order valence-electron chi connectivity index (χ2n) is 11.8. The average Bonchev–Trinajstić information content (AvgIpc) is 3.02. The van der Waals surface area contributed by atoms with Gasteiger partial charge in [0.1, 0.15) is 53.0 Å². The van der Waals surface area contributed by atoms with Gasteiger partial charge in [0.05, 0.1) is 23.0 Å². The lowest BCUT2D eigenvalue weighted by Crippen LogP contribution is -2.64. The summed E-state index contributed by atoms with van der Waals surface area (Å²) in [4.78, 5) is 26.5. The quantitative estimate of drug-likeness (QED) is 0.104. The molecule has 2 aliphatic heterocycles. The summed E-state index contributed by atoms with van der Waals surface area (Å²) in [5.41, 5.74) is -0.899. The predicted molar refractivity (Wildman–Crippen MR) is 160 cm³/mol. The highest BCUT2D eigenvalue weighted by molar-refractivity contribution is 6.28. The van der Waals surface area contributed by atoms with Gasteiger partial charge in [0.25, 0.3) is 0 Å². The van der Waals surface area contributed by atoms with Gasteiger partial charge in [0.15, 0.2) is 18.0 Å². The van der Waals surface area contributed by atoms with Crippen LogP contribution in [-0.2, 0) is 18.9 Å². The van der Waals surface area contributed by atoms with Gasteiger partial charge in [0.2, 0.25) is 6.29 Å². The molecule has 0 radical (unpaired) electrons. The fraction of sp³-hybridized carbons (Fsp3) is 0.438. The predicted octanol–water partition coefficient (Wildman–Crippen LogP) is 1.37. The molecule has 7 rings (SSSR count). The Morgan fingerprint density at radius 1 is 0.717 bits per heavy atom. The van der Waals surface area contributed by atoms with E-state index in [0.717, 1.165) is 0 Å². The van der Waals surface area contributed by atoms with Crippen LogP contribution in [0, 0.1) is 6.92 Å². The zero-order valence-electron chi connectivity index (χ0n) is 25.1. The molecule has 10 atom stereocenters. The maximum Gasteiger partial charge on any atom is 0.348 e. The van der Waals surface area contributed by atoms with Crippen molar-refractivity contribution in [2.75, 3.05) is 7.11 Å². The van der Waals surface area contributed by atoms with Crippen molar-refractivity contribution in [2.45, 2.75) is 82.2 Å². The second-order valence-corrected chi connectivity index (χ2v) is 11.8. The highest BCUT2D eigenvalue weighted by Gasteiger charge is 2.50. The largest absolute Gasteiger partial charge is 0.506 e. The molecule has 0 spiro atoms. The Labute approximate surface area is 259 Å².